The fourth-order valence-corrected chi connectivity index (χ4v) is 2.45. The van der Waals surface area contributed by atoms with E-state index < -0.39 is 0 Å². The van der Waals surface area contributed by atoms with E-state index in [1.165, 1.54) is 0 Å². The second-order valence-electron chi connectivity index (χ2n) is 4.07. The zero-order valence-electron chi connectivity index (χ0n) is 10.9. The van der Waals surface area contributed by atoms with Gasteiger partial charge < -0.3 is 14.8 Å². The maximum atomic E-state index is 11.7. The molecular formula is C15H15NO3S. The van der Waals surface area contributed by atoms with E-state index in [-0.39, 0.29) is 12.5 Å². The molecule has 0 aliphatic rings. The van der Waals surface area contributed by atoms with Crippen LogP contribution in [0.2, 0.25) is 0 Å². The lowest BCUT2D eigenvalue weighted by Gasteiger charge is -2.03. The standard InChI is InChI=1S/C15H15NO3S/c17-8-1-3-12-7-10-20-14(12)11-16-15(18)6-5-13-4-2-9-19-13/h2,4,7,9-10,17H,5-6,8,11H2,(H,16,18). The molecular weight excluding hydrogens is 274 g/mol. The largest absolute Gasteiger partial charge is 0.469 e. The van der Waals surface area contributed by atoms with Gasteiger partial charge in [-0.2, -0.15) is 0 Å². The van der Waals surface area contributed by atoms with E-state index >= 15 is 0 Å². The van der Waals surface area contributed by atoms with Crippen LogP contribution in [0.25, 0.3) is 0 Å². The van der Waals surface area contributed by atoms with Crippen molar-refractivity contribution in [2.45, 2.75) is 19.4 Å². The molecule has 0 bridgehead atoms. The Hall–Kier alpha value is -2.03. The van der Waals surface area contributed by atoms with Crippen LogP contribution in [-0.2, 0) is 17.8 Å². The summed E-state index contributed by atoms with van der Waals surface area (Å²) in [6.45, 7) is 0.300. The Morgan fingerprint density at radius 3 is 3.10 bits per heavy atom. The van der Waals surface area contributed by atoms with E-state index in [1.54, 1.807) is 17.6 Å². The number of hydrogen-bond acceptors (Lipinski definition) is 4. The van der Waals surface area contributed by atoms with Gasteiger partial charge in [-0.25, -0.2) is 0 Å². The van der Waals surface area contributed by atoms with Crippen LogP contribution in [-0.4, -0.2) is 17.6 Å². The Bertz CT molecular complexity index is 605. The van der Waals surface area contributed by atoms with Gasteiger partial charge in [0.2, 0.25) is 5.91 Å². The summed E-state index contributed by atoms with van der Waals surface area (Å²) in [7, 11) is 0. The predicted molar refractivity (Wildman–Crippen MR) is 77.2 cm³/mol. The zero-order valence-corrected chi connectivity index (χ0v) is 11.7. The number of rotatable bonds is 5. The number of aliphatic hydroxyl groups excluding tert-OH is 1. The molecule has 0 saturated heterocycles. The van der Waals surface area contributed by atoms with Crippen LogP contribution in [0.4, 0.5) is 0 Å². The molecule has 0 unspecified atom stereocenters. The first-order chi connectivity index (χ1) is 9.79. The Kier molecular flexibility index (Phi) is 5.42. The highest BCUT2D eigenvalue weighted by molar-refractivity contribution is 7.10. The van der Waals surface area contributed by atoms with Crippen LogP contribution in [0.15, 0.2) is 34.3 Å². The summed E-state index contributed by atoms with van der Waals surface area (Å²) in [5.41, 5.74) is 0.857. The van der Waals surface area contributed by atoms with Gasteiger partial charge in [0.05, 0.1) is 12.8 Å². The smallest absolute Gasteiger partial charge is 0.220 e. The topological polar surface area (TPSA) is 62.5 Å². The van der Waals surface area contributed by atoms with Gasteiger partial charge in [-0.1, -0.05) is 11.8 Å². The first kappa shape index (κ1) is 14.4. The average molecular weight is 289 g/mol. The lowest BCUT2D eigenvalue weighted by molar-refractivity contribution is -0.121. The summed E-state index contributed by atoms with van der Waals surface area (Å²) in [6.07, 6.45) is 2.60. The second-order valence-corrected chi connectivity index (χ2v) is 5.07. The van der Waals surface area contributed by atoms with Gasteiger partial charge in [0.15, 0.2) is 0 Å². The number of thiophene rings is 1. The van der Waals surface area contributed by atoms with Crippen molar-refractivity contribution in [1.82, 2.24) is 5.32 Å². The molecule has 0 radical (unpaired) electrons. The Labute approximate surface area is 121 Å². The van der Waals surface area contributed by atoms with Gasteiger partial charge in [-0.3, -0.25) is 4.79 Å². The minimum Gasteiger partial charge on any atom is -0.469 e. The Morgan fingerprint density at radius 1 is 1.45 bits per heavy atom. The van der Waals surface area contributed by atoms with Crippen LogP contribution < -0.4 is 5.32 Å². The molecule has 2 aromatic heterocycles. The molecule has 104 valence electrons. The van der Waals surface area contributed by atoms with Crippen LogP contribution in [0, 0.1) is 11.8 Å². The first-order valence-corrected chi connectivity index (χ1v) is 7.12. The second kappa shape index (κ2) is 7.53. The number of hydrogen-bond donors (Lipinski definition) is 2. The minimum atomic E-state index is -0.162. The van der Waals surface area contributed by atoms with Crippen molar-refractivity contribution in [2.75, 3.05) is 6.61 Å². The highest BCUT2D eigenvalue weighted by Crippen LogP contribution is 2.15. The summed E-state index contributed by atoms with van der Waals surface area (Å²) >= 11 is 1.54. The van der Waals surface area contributed by atoms with Gasteiger partial charge in [-0.15, -0.1) is 11.3 Å². The van der Waals surface area contributed by atoms with Gasteiger partial charge in [0.1, 0.15) is 12.4 Å². The van der Waals surface area contributed by atoms with Crippen molar-refractivity contribution in [3.05, 3.63) is 46.0 Å². The highest BCUT2D eigenvalue weighted by Gasteiger charge is 2.06. The van der Waals surface area contributed by atoms with Crippen LogP contribution in [0.3, 0.4) is 0 Å². The summed E-state index contributed by atoms with van der Waals surface area (Å²) in [6, 6.07) is 5.55. The number of nitrogens with one attached hydrogen (secondary N) is 1. The van der Waals surface area contributed by atoms with Crippen molar-refractivity contribution in [2.24, 2.45) is 0 Å². The Morgan fingerprint density at radius 2 is 2.35 bits per heavy atom. The summed E-state index contributed by atoms with van der Waals surface area (Å²) in [5.74, 6) is 6.27. The third-order valence-electron chi connectivity index (χ3n) is 2.67. The fraction of sp³-hybridized carbons (Fsp3) is 0.267. The van der Waals surface area contributed by atoms with Crippen molar-refractivity contribution in [1.29, 1.82) is 0 Å². The number of carbonyl (C=O) groups excluding carboxylic acids is 1. The zero-order chi connectivity index (χ0) is 14.2. The van der Waals surface area contributed by atoms with E-state index in [0.717, 1.165) is 16.2 Å². The van der Waals surface area contributed by atoms with Crippen molar-refractivity contribution in [3.8, 4) is 11.8 Å². The summed E-state index contributed by atoms with van der Waals surface area (Å²) in [4.78, 5) is 12.7. The minimum absolute atomic E-state index is 0.0177. The Balaban J connectivity index is 1.80. The molecule has 0 spiro atoms. The average Bonchev–Trinajstić information content (AvgIpc) is 3.11. The molecule has 0 aliphatic carbocycles. The van der Waals surface area contributed by atoms with Crippen molar-refractivity contribution in [3.63, 3.8) is 0 Å². The summed E-state index contributed by atoms with van der Waals surface area (Å²) in [5, 5.41) is 13.5. The third kappa shape index (κ3) is 4.26. The molecule has 2 heterocycles. The maximum absolute atomic E-state index is 11.7. The van der Waals surface area contributed by atoms with Gasteiger partial charge in [0, 0.05) is 23.3 Å². The molecule has 0 aromatic carbocycles. The quantitative estimate of drug-likeness (QED) is 0.827. The number of furan rings is 1. The predicted octanol–water partition coefficient (Wildman–Crippen LogP) is 1.93. The normalized spacial score (nSPS) is 9.85. The molecule has 20 heavy (non-hydrogen) atoms. The maximum Gasteiger partial charge on any atom is 0.220 e. The van der Waals surface area contributed by atoms with E-state index in [4.69, 9.17) is 9.52 Å². The summed E-state index contributed by atoms with van der Waals surface area (Å²) < 4.78 is 5.18. The van der Waals surface area contributed by atoms with Crippen LogP contribution in [0.5, 0.6) is 0 Å². The third-order valence-corrected chi connectivity index (χ3v) is 3.59. The number of amides is 1. The number of carbonyl (C=O) groups is 1. The monoisotopic (exact) mass is 289 g/mol. The fourth-order valence-electron chi connectivity index (χ4n) is 1.68. The van der Waals surface area contributed by atoms with Crippen LogP contribution in [0.1, 0.15) is 22.6 Å². The molecule has 2 rings (SSSR count). The van der Waals surface area contributed by atoms with Gasteiger partial charge >= 0.3 is 0 Å². The molecule has 1 amide bonds. The van der Waals surface area contributed by atoms with Gasteiger partial charge in [0.25, 0.3) is 0 Å². The molecule has 0 aliphatic heterocycles. The molecule has 2 aromatic rings. The number of aliphatic hydroxyl groups is 1. The highest BCUT2D eigenvalue weighted by atomic mass is 32.1. The molecule has 0 atom stereocenters. The molecule has 0 fully saturated rings. The number of aryl methyl sites for hydroxylation is 1. The SMILES string of the molecule is O=C(CCc1ccco1)NCc1sccc1C#CCO. The molecule has 2 N–H and O–H groups in total. The first-order valence-electron chi connectivity index (χ1n) is 6.25. The molecule has 4 nitrogen and oxygen atoms in total. The lowest BCUT2D eigenvalue weighted by Crippen LogP contribution is -2.22. The molecule has 5 heteroatoms. The van der Waals surface area contributed by atoms with Crippen molar-refractivity contribution < 1.29 is 14.3 Å². The van der Waals surface area contributed by atoms with Gasteiger partial charge in [-0.05, 0) is 23.6 Å². The van der Waals surface area contributed by atoms with E-state index in [1.807, 2.05) is 23.6 Å². The molecule has 0 saturated carbocycles. The van der Waals surface area contributed by atoms with Crippen LogP contribution >= 0.6 is 11.3 Å². The van der Waals surface area contributed by atoms with Crippen molar-refractivity contribution >= 4 is 17.2 Å². The van der Waals surface area contributed by atoms with E-state index in [9.17, 15) is 4.79 Å². The lowest BCUT2D eigenvalue weighted by atomic mass is 10.2. The van der Waals surface area contributed by atoms with E-state index in [0.29, 0.717) is 19.4 Å². The van der Waals surface area contributed by atoms with E-state index in [2.05, 4.69) is 17.2 Å².